The van der Waals surface area contributed by atoms with Crippen LogP contribution in [0, 0.1) is 0 Å². The van der Waals surface area contributed by atoms with E-state index < -0.39 is 8.30 Å². The second-order valence-corrected chi connectivity index (χ2v) is 9.27. The summed E-state index contributed by atoms with van der Waals surface area (Å²) in [6.07, 6.45) is -1.11. The molecule has 0 heterocycles. The summed E-state index contributed by atoms with van der Waals surface area (Å²) in [4.78, 5) is 10.0. The van der Waals surface area contributed by atoms with Crippen LogP contribution < -0.4 is 0 Å². The smallest absolute Gasteiger partial charge is 0.450 e. The molecule has 1 N–H and O–H groups in total. The number of hydrogen-bond acceptors (Lipinski definition) is 2. The van der Waals surface area contributed by atoms with Gasteiger partial charge >= 0.3 is 6.16 Å². The average Bonchev–Trinajstić information content (AvgIpc) is 1.53. The van der Waals surface area contributed by atoms with Crippen LogP contribution in [0.25, 0.3) is 0 Å². The number of hydrogen-bond donors (Lipinski definition) is 1. The van der Waals surface area contributed by atoms with Crippen molar-refractivity contribution >= 4 is 53.9 Å². The first kappa shape index (κ1) is 11.7. The molecule has 0 aromatic rings. The van der Waals surface area contributed by atoms with Gasteiger partial charge in [0.2, 0.25) is 0 Å². The average molecular weight is 355 g/mol. The van der Waals surface area contributed by atoms with Gasteiger partial charge in [-0.3, -0.25) is 0 Å². The molecule has 0 spiro atoms. The molecule has 0 fully saturated rings. The highest BCUT2D eigenvalue weighted by atomic mass is 80.0. The third-order valence-corrected chi connectivity index (χ3v) is 1.79. The summed E-state index contributed by atoms with van der Waals surface area (Å²) >= 11 is 9.69. The van der Waals surface area contributed by atoms with Gasteiger partial charge in [0.1, 0.15) is 8.25 Å². The molecule has 0 aliphatic carbocycles. The van der Waals surface area contributed by atoms with E-state index in [1.54, 1.807) is 6.92 Å². The predicted octanol–water partition coefficient (Wildman–Crippen LogP) is 3.30. The number of rotatable bonds is 2. The first-order valence-corrected chi connectivity index (χ1v) is 5.15. The molecule has 11 heavy (non-hydrogen) atoms. The molecule has 0 aliphatic heterocycles. The third-order valence-electron chi connectivity index (χ3n) is 0.821. The Morgan fingerprint density at radius 1 is 1.64 bits per heavy atom. The molecular weight excluding hydrogens is 348 g/mol. The van der Waals surface area contributed by atoms with Crippen LogP contribution in [-0.2, 0) is 4.74 Å². The van der Waals surface area contributed by atoms with Crippen LogP contribution in [0.1, 0.15) is 13.3 Å². The maximum atomic E-state index is 10.0. The lowest BCUT2D eigenvalue weighted by Crippen LogP contribution is -2.18. The van der Waals surface area contributed by atoms with Gasteiger partial charge in [0.05, 0.1) is 0 Å². The number of alkyl halides is 3. The van der Waals surface area contributed by atoms with E-state index in [1.165, 1.54) is 0 Å². The molecule has 0 aliphatic rings. The minimum Gasteiger partial charge on any atom is -0.450 e. The Kier molecular flexibility index (Phi) is 4.97. The summed E-state index contributed by atoms with van der Waals surface area (Å²) in [5.41, 5.74) is 0. The molecule has 66 valence electrons. The van der Waals surface area contributed by atoms with Gasteiger partial charge in [-0.1, -0.05) is 47.8 Å². The molecule has 0 saturated heterocycles. The highest BCUT2D eigenvalue weighted by Crippen LogP contribution is 2.38. The zero-order chi connectivity index (χ0) is 9.07. The molecule has 1 atom stereocenters. The lowest BCUT2D eigenvalue weighted by atomic mass is 10.3. The van der Waals surface area contributed by atoms with E-state index in [2.05, 4.69) is 52.5 Å². The number of halogens is 3. The molecule has 0 amide bonds. The van der Waals surface area contributed by atoms with E-state index in [9.17, 15) is 4.79 Å². The molecule has 0 aromatic heterocycles. The first-order chi connectivity index (χ1) is 4.81. The van der Waals surface area contributed by atoms with Crippen molar-refractivity contribution in [3.05, 3.63) is 0 Å². The van der Waals surface area contributed by atoms with Crippen LogP contribution >= 0.6 is 47.8 Å². The van der Waals surface area contributed by atoms with Crippen LogP contribution in [-0.4, -0.2) is 19.5 Å². The lowest BCUT2D eigenvalue weighted by molar-refractivity contribution is 0.0572. The Morgan fingerprint density at radius 2 is 2.09 bits per heavy atom. The van der Waals surface area contributed by atoms with Crippen LogP contribution in [0.2, 0.25) is 0 Å². The zero-order valence-corrected chi connectivity index (χ0v) is 10.4. The Labute approximate surface area is 89.9 Å². The summed E-state index contributed by atoms with van der Waals surface area (Å²) in [6.45, 7) is 1.67. The normalized spacial score (nSPS) is 14.2. The van der Waals surface area contributed by atoms with Crippen LogP contribution in [0.5, 0.6) is 0 Å². The topological polar surface area (TPSA) is 46.5 Å². The Bertz CT molecular complexity index is 142. The minimum atomic E-state index is -1.26. The molecule has 3 nitrogen and oxygen atoms in total. The van der Waals surface area contributed by atoms with Gasteiger partial charge in [0.15, 0.2) is 0 Å². The van der Waals surface area contributed by atoms with Crippen molar-refractivity contribution in [3.8, 4) is 0 Å². The first-order valence-electron chi connectivity index (χ1n) is 2.77. The minimum absolute atomic E-state index is 0.356. The van der Waals surface area contributed by atoms with Crippen molar-refractivity contribution in [2.75, 3.05) is 0 Å². The molecular formula is C5H7Br3O3. The van der Waals surface area contributed by atoms with Gasteiger partial charge in [0.25, 0.3) is 0 Å². The fourth-order valence-electron chi connectivity index (χ4n) is 0.540. The van der Waals surface area contributed by atoms with Crippen molar-refractivity contribution in [1.29, 1.82) is 0 Å². The monoisotopic (exact) mass is 352 g/mol. The third kappa shape index (κ3) is 8.62. The van der Waals surface area contributed by atoms with Gasteiger partial charge in [-0.05, 0) is 6.92 Å². The van der Waals surface area contributed by atoms with E-state index in [4.69, 9.17) is 5.11 Å². The van der Waals surface area contributed by atoms with E-state index in [-0.39, 0.29) is 6.10 Å². The molecule has 0 bridgehead atoms. The summed E-state index contributed by atoms with van der Waals surface area (Å²) in [5, 5.41) is 8.21. The van der Waals surface area contributed by atoms with Crippen molar-refractivity contribution < 1.29 is 14.6 Å². The number of carbonyl (C=O) groups is 1. The Balaban J connectivity index is 3.69. The van der Waals surface area contributed by atoms with Gasteiger partial charge < -0.3 is 9.84 Å². The molecule has 0 saturated carbocycles. The molecule has 1 unspecified atom stereocenters. The highest BCUT2D eigenvalue weighted by molar-refractivity contribution is 9.39. The zero-order valence-electron chi connectivity index (χ0n) is 5.68. The van der Waals surface area contributed by atoms with E-state index in [0.29, 0.717) is 6.42 Å². The molecule has 0 aromatic carbocycles. The largest absolute Gasteiger partial charge is 0.506 e. The predicted molar refractivity (Wildman–Crippen MR) is 52.7 cm³/mol. The second kappa shape index (κ2) is 4.67. The fraction of sp³-hybridized carbons (Fsp3) is 0.800. The van der Waals surface area contributed by atoms with Crippen LogP contribution in [0.15, 0.2) is 0 Å². The van der Waals surface area contributed by atoms with Gasteiger partial charge in [-0.25, -0.2) is 4.79 Å². The van der Waals surface area contributed by atoms with Gasteiger partial charge in [-0.15, -0.1) is 0 Å². The number of ether oxygens (including phenoxy) is 1. The SMILES string of the molecule is CC(CC(Br)(Br)Br)OC(=O)O. The van der Waals surface area contributed by atoms with Crippen LogP contribution in [0.4, 0.5) is 4.79 Å². The standard InChI is InChI=1S/C5H7Br3O3/c1-3(11-4(9)10)2-5(6,7)8/h3H,2H2,1H3,(H,9,10). The molecule has 6 heteroatoms. The maximum absolute atomic E-state index is 10.0. The van der Waals surface area contributed by atoms with Crippen LogP contribution in [0.3, 0.4) is 0 Å². The fourth-order valence-corrected chi connectivity index (χ4v) is 1.91. The Morgan fingerprint density at radius 3 is 2.36 bits per heavy atom. The summed E-state index contributed by atoms with van der Waals surface area (Å²) in [5.74, 6) is 0. The second-order valence-electron chi connectivity index (χ2n) is 2.01. The quantitative estimate of drug-likeness (QED) is 0.611. The number of carboxylic acid groups (broad SMARTS) is 1. The molecule has 0 radical (unpaired) electrons. The van der Waals surface area contributed by atoms with E-state index in [1.807, 2.05) is 0 Å². The summed E-state index contributed by atoms with van der Waals surface area (Å²) in [6, 6.07) is 0. The maximum Gasteiger partial charge on any atom is 0.506 e. The Hall–Kier alpha value is 0.710. The lowest BCUT2D eigenvalue weighted by Gasteiger charge is -2.16. The van der Waals surface area contributed by atoms with Crippen molar-refractivity contribution in [1.82, 2.24) is 0 Å². The summed E-state index contributed by atoms with van der Waals surface area (Å²) < 4.78 is 4.01. The van der Waals surface area contributed by atoms with Crippen molar-refractivity contribution in [3.63, 3.8) is 0 Å². The molecule has 0 rings (SSSR count). The van der Waals surface area contributed by atoms with E-state index >= 15 is 0 Å². The van der Waals surface area contributed by atoms with Gasteiger partial charge in [-0.2, -0.15) is 0 Å². The van der Waals surface area contributed by atoms with Gasteiger partial charge in [0, 0.05) is 6.42 Å². The highest BCUT2D eigenvalue weighted by Gasteiger charge is 2.23. The van der Waals surface area contributed by atoms with E-state index in [0.717, 1.165) is 0 Å². The summed E-state index contributed by atoms with van der Waals surface area (Å²) in [7, 11) is 0. The van der Waals surface area contributed by atoms with Crippen molar-refractivity contribution in [2.45, 2.75) is 21.6 Å². The van der Waals surface area contributed by atoms with Crippen molar-refractivity contribution in [2.24, 2.45) is 0 Å².